The fourth-order valence-electron chi connectivity index (χ4n) is 3.75. The zero-order valence-electron chi connectivity index (χ0n) is 13.8. The number of hydrogen-bond acceptors (Lipinski definition) is 3. The van der Waals surface area contributed by atoms with Crippen LogP contribution in [0.25, 0.3) is 0 Å². The Labute approximate surface area is 137 Å². The van der Waals surface area contributed by atoms with Crippen molar-refractivity contribution in [2.75, 3.05) is 18.4 Å². The van der Waals surface area contributed by atoms with E-state index in [1.807, 2.05) is 17.9 Å². The average molecular weight is 315 g/mol. The molecule has 1 aromatic rings. The number of carbonyl (C=O) groups excluding carboxylic acids is 2. The van der Waals surface area contributed by atoms with E-state index in [1.165, 1.54) is 0 Å². The monoisotopic (exact) mass is 315 g/mol. The molecule has 2 unspecified atom stereocenters. The third-order valence-electron chi connectivity index (χ3n) is 5.12. The molecule has 2 atom stereocenters. The van der Waals surface area contributed by atoms with Gasteiger partial charge >= 0.3 is 0 Å². The predicted molar refractivity (Wildman–Crippen MR) is 88.9 cm³/mol. The van der Waals surface area contributed by atoms with Crippen LogP contribution in [0.4, 0.5) is 5.69 Å². The Kier molecular flexibility index (Phi) is 4.94. The van der Waals surface area contributed by atoms with Crippen molar-refractivity contribution in [2.45, 2.75) is 45.4 Å². The van der Waals surface area contributed by atoms with E-state index in [2.05, 4.69) is 10.3 Å². The Morgan fingerprint density at radius 2 is 1.83 bits per heavy atom. The summed E-state index contributed by atoms with van der Waals surface area (Å²) < 4.78 is 0. The fraction of sp³-hybridized carbons (Fsp3) is 0.611. The predicted octanol–water partition coefficient (Wildman–Crippen LogP) is 2.76. The van der Waals surface area contributed by atoms with E-state index in [0.717, 1.165) is 62.9 Å². The van der Waals surface area contributed by atoms with Crippen molar-refractivity contribution in [3.05, 3.63) is 24.0 Å². The van der Waals surface area contributed by atoms with E-state index in [0.29, 0.717) is 0 Å². The van der Waals surface area contributed by atoms with E-state index >= 15 is 0 Å². The molecule has 2 heterocycles. The van der Waals surface area contributed by atoms with Crippen LogP contribution in [0.2, 0.25) is 0 Å². The van der Waals surface area contributed by atoms with Gasteiger partial charge in [0, 0.05) is 43.0 Å². The first-order valence-corrected chi connectivity index (χ1v) is 8.67. The van der Waals surface area contributed by atoms with Crippen molar-refractivity contribution < 1.29 is 9.59 Å². The largest absolute Gasteiger partial charge is 0.342 e. The Morgan fingerprint density at radius 3 is 2.52 bits per heavy atom. The highest BCUT2D eigenvalue weighted by Gasteiger charge is 2.38. The molecular formula is C18H25N3O2. The normalized spacial score (nSPS) is 24.5. The standard InChI is InChI=1S/C18H25N3O2/c1-13-12-19-9-8-16(13)20-17(22)14-6-2-3-7-15(14)18(23)21-10-4-5-11-21/h8-9,12,14-15H,2-7,10-11H2,1H3,(H,19,20,22). The Balaban J connectivity index is 1.71. The first kappa shape index (κ1) is 16.0. The van der Waals surface area contributed by atoms with Gasteiger partial charge in [-0.3, -0.25) is 14.6 Å². The number of hydrogen-bond donors (Lipinski definition) is 1. The van der Waals surface area contributed by atoms with Gasteiger partial charge in [-0.25, -0.2) is 0 Å². The Morgan fingerprint density at radius 1 is 1.13 bits per heavy atom. The maximum atomic E-state index is 12.8. The number of nitrogens with zero attached hydrogens (tertiary/aromatic N) is 2. The van der Waals surface area contributed by atoms with Crippen LogP contribution in [-0.4, -0.2) is 34.8 Å². The number of aryl methyl sites for hydroxylation is 1. The van der Waals surface area contributed by atoms with Crippen molar-refractivity contribution in [3.8, 4) is 0 Å². The number of anilines is 1. The molecule has 2 fully saturated rings. The second kappa shape index (κ2) is 7.11. The highest BCUT2D eigenvalue weighted by atomic mass is 16.2. The second-order valence-electron chi connectivity index (χ2n) is 6.71. The quantitative estimate of drug-likeness (QED) is 0.933. The summed E-state index contributed by atoms with van der Waals surface area (Å²) in [5.74, 6) is -0.182. The molecule has 2 aliphatic rings. The number of amides is 2. The number of rotatable bonds is 3. The lowest BCUT2D eigenvalue weighted by atomic mass is 9.77. The molecule has 1 saturated heterocycles. The molecule has 0 bridgehead atoms. The summed E-state index contributed by atoms with van der Waals surface area (Å²) >= 11 is 0. The van der Waals surface area contributed by atoms with E-state index < -0.39 is 0 Å². The minimum atomic E-state index is -0.204. The van der Waals surface area contributed by atoms with Gasteiger partial charge in [0.15, 0.2) is 0 Å². The average Bonchev–Trinajstić information content (AvgIpc) is 3.11. The van der Waals surface area contributed by atoms with Crippen LogP contribution >= 0.6 is 0 Å². The lowest BCUT2D eigenvalue weighted by Gasteiger charge is -2.32. The molecule has 0 aromatic carbocycles. The zero-order chi connectivity index (χ0) is 16.2. The van der Waals surface area contributed by atoms with Crippen molar-refractivity contribution in [1.29, 1.82) is 0 Å². The van der Waals surface area contributed by atoms with Gasteiger partial charge < -0.3 is 10.2 Å². The molecule has 1 aliphatic heterocycles. The van der Waals surface area contributed by atoms with E-state index in [4.69, 9.17) is 0 Å². The van der Waals surface area contributed by atoms with Gasteiger partial charge in [0.1, 0.15) is 0 Å². The third kappa shape index (κ3) is 3.54. The molecule has 5 nitrogen and oxygen atoms in total. The summed E-state index contributed by atoms with van der Waals surface area (Å²) in [5.41, 5.74) is 1.74. The van der Waals surface area contributed by atoms with Crippen LogP contribution in [-0.2, 0) is 9.59 Å². The molecule has 1 aromatic heterocycles. The number of aromatic nitrogens is 1. The summed E-state index contributed by atoms with van der Waals surface area (Å²) in [4.78, 5) is 31.5. The molecular weight excluding hydrogens is 290 g/mol. The van der Waals surface area contributed by atoms with E-state index in [9.17, 15) is 9.59 Å². The Hall–Kier alpha value is -1.91. The SMILES string of the molecule is Cc1cnccc1NC(=O)C1CCCCC1C(=O)N1CCCC1. The lowest BCUT2D eigenvalue weighted by Crippen LogP contribution is -2.42. The van der Waals surface area contributed by atoms with Crippen LogP contribution in [0, 0.1) is 18.8 Å². The highest BCUT2D eigenvalue weighted by Crippen LogP contribution is 2.33. The van der Waals surface area contributed by atoms with Crippen molar-refractivity contribution >= 4 is 17.5 Å². The molecule has 1 saturated carbocycles. The fourth-order valence-corrected chi connectivity index (χ4v) is 3.75. The van der Waals surface area contributed by atoms with Crippen molar-refractivity contribution in [3.63, 3.8) is 0 Å². The topological polar surface area (TPSA) is 62.3 Å². The molecule has 124 valence electrons. The molecule has 1 N–H and O–H groups in total. The van der Waals surface area contributed by atoms with Crippen LogP contribution in [0.15, 0.2) is 18.5 Å². The van der Waals surface area contributed by atoms with Gasteiger partial charge in [0.25, 0.3) is 0 Å². The van der Waals surface area contributed by atoms with E-state index in [1.54, 1.807) is 12.4 Å². The van der Waals surface area contributed by atoms with Crippen LogP contribution in [0.3, 0.4) is 0 Å². The first-order chi connectivity index (χ1) is 11.2. The number of carbonyl (C=O) groups is 2. The number of pyridine rings is 1. The minimum absolute atomic E-state index is 0.0171. The molecule has 0 spiro atoms. The molecule has 1 aliphatic carbocycles. The van der Waals surface area contributed by atoms with Crippen LogP contribution in [0.5, 0.6) is 0 Å². The van der Waals surface area contributed by atoms with Gasteiger partial charge in [-0.05, 0) is 44.2 Å². The maximum Gasteiger partial charge on any atom is 0.228 e. The maximum absolute atomic E-state index is 12.8. The van der Waals surface area contributed by atoms with E-state index in [-0.39, 0.29) is 23.7 Å². The molecule has 5 heteroatoms. The van der Waals surface area contributed by atoms with Gasteiger partial charge in [0.05, 0.1) is 0 Å². The number of nitrogens with one attached hydrogen (secondary N) is 1. The molecule has 2 amide bonds. The summed E-state index contributed by atoms with van der Waals surface area (Å²) in [6, 6.07) is 1.81. The van der Waals surface area contributed by atoms with Crippen LogP contribution < -0.4 is 5.32 Å². The highest BCUT2D eigenvalue weighted by molar-refractivity contribution is 5.96. The lowest BCUT2D eigenvalue weighted by molar-refractivity contribution is -0.141. The smallest absolute Gasteiger partial charge is 0.228 e. The second-order valence-corrected chi connectivity index (χ2v) is 6.71. The van der Waals surface area contributed by atoms with Gasteiger partial charge in [-0.15, -0.1) is 0 Å². The Bertz CT molecular complexity index is 581. The van der Waals surface area contributed by atoms with Crippen molar-refractivity contribution in [2.24, 2.45) is 11.8 Å². The third-order valence-corrected chi connectivity index (χ3v) is 5.12. The summed E-state index contributed by atoms with van der Waals surface area (Å²) in [6.07, 6.45) is 9.30. The summed E-state index contributed by atoms with van der Waals surface area (Å²) in [5, 5.41) is 3.01. The summed E-state index contributed by atoms with van der Waals surface area (Å²) in [6.45, 7) is 3.64. The molecule has 3 rings (SSSR count). The van der Waals surface area contributed by atoms with Crippen molar-refractivity contribution in [1.82, 2.24) is 9.88 Å². The molecule has 0 radical (unpaired) electrons. The van der Waals surface area contributed by atoms with Gasteiger partial charge in [-0.2, -0.15) is 0 Å². The first-order valence-electron chi connectivity index (χ1n) is 8.67. The molecule has 23 heavy (non-hydrogen) atoms. The van der Waals surface area contributed by atoms with Gasteiger partial charge in [0.2, 0.25) is 11.8 Å². The zero-order valence-corrected chi connectivity index (χ0v) is 13.8. The minimum Gasteiger partial charge on any atom is -0.342 e. The summed E-state index contributed by atoms with van der Waals surface area (Å²) in [7, 11) is 0. The van der Waals surface area contributed by atoms with Gasteiger partial charge in [-0.1, -0.05) is 12.8 Å². The number of likely N-dealkylation sites (tertiary alicyclic amines) is 1. The van der Waals surface area contributed by atoms with Crippen LogP contribution in [0.1, 0.15) is 44.1 Å².